The van der Waals surface area contributed by atoms with Crippen molar-refractivity contribution in [2.75, 3.05) is 12.3 Å². The fourth-order valence-corrected chi connectivity index (χ4v) is 1.75. The fourth-order valence-electron chi connectivity index (χ4n) is 1.75. The summed E-state index contributed by atoms with van der Waals surface area (Å²) in [5.41, 5.74) is 7.58. The Hall–Kier alpha value is -2.16. The summed E-state index contributed by atoms with van der Waals surface area (Å²) in [7, 11) is 0. The third kappa shape index (κ3) is 3.65. The largest absolute Gasteiger partial charge is 0.493 e. The second-order valence-electron chi connectivity index (χ2n) is 4.45. The van der Waals surface area contributed by atoms with E-state index in [4.69, 9.17) is 15.2 Å². The van der Waals surface area contributed by atoms with E-state index in [9.17, 15) is 0 Å². The molecule has 0 aliphatic rings. The maximum absolute atomic E-state index is 5.86. The van der Waals surface area contributed by atoms with Crippen LogP contribution in [-0.2, 0) is 0 Å². The maximum Gasteiger partial charge on any atom is 0.133 e. The van der Waals surface area contributed by atoms with Gasteiger partial charge >= 0.3 is 0 Å². The molecular formula is C16H19NO2. The van der Waals surface area contributed by atoms with Gasteiger partial charge < -0.3 is 15.2 Å². The molecule has 100 valence electrons. The van der Waals surface area contributed by atoms with Crippen molar-refractivity contribution in [3.63, 3.8) is 0 Å². The molecule has 19 heavy (non-hydrogen) atoms. The van der Waals surface area contributed by atoms with E-state index in [1.807, 2.05) is 37.3 Å². The Morgan fingerprint density at radius 1 is 1.05 bits per heavy atom. The highest BCUT2D eigenvalue weighted by atomic mass is 16.5. The van der Waals surface area contributed by atoms with E-state index in [0.717, 1.165) is 23.5 Å². The lowest BCUT2D eigenvalue weighted by molar-refractivity contribution is 0.316. The average Bonchev–Trinajstić information content (AvgIpc) is 2.38. The van der Waals surface area contributed by atoms with Gasteiger partial charge in [0.25, 0.3) is 0 Å². The van der Waals surface area contributed by atoms with Crippen molar-refractivity contribution in [3.05, 3.63) is 48.0 Å². The molecule has 0 saturated carbocycles. The summed E-state index contributed by atoms with van der Waals surface area (Å²) in [6.07, 6.45) is 0.961. The maximum atomic E-state index is 5.86. The quantitative estimate of drug-likeness (QED) is 0.818. The second-order valence-corrected chi connectivity index (χ2v) is 4.45. The van der Waals surface area contributed by atoms with Crippen LogP contribution in [0.3, 0.4) is 0 Å². The summed E-state index contributed by atoms with van der Waals surface area (Å²) in [6.45, 7) is 4.75. The molecule has 0 heterocycles. The fraction of sp³-hybridized carbons (Fsp3) is 0.250. The minimum Gasteiger partial charge on any atom is -0.493 e. The first kappa shape index (κ1) is 13.3. The smallest absolute Gasteiger partial charge is 0.133 e. The summed E-state index contributed by atoms with van der Waals surface area (Å²) >= 11 is 0. The number of hydrogen-bond acceptors (Lipinski definition) is 3. The summed E-state index contributed by atoms with van der Waals surface area (Å²) in [5.74, 6) is 2.26. The van der Waals surface area contributed by atoms with Crippen LogP contribution in [0.4, 0.5) is 5.69 Å². The molecule has 2 rings (SSSR count). The van der Waals surface area contributed by atoms with Gasteiger partial charge in [0, 0.05) is 23.9 Å². The van der Waals surface area contributed by atoms with E-state index in [0.29, 0.717) is 18.0 Å². The Balaban J connectivity index is 2.20. The number of nitrogen functional groups attached to an aromatic ring is 1. The summed E-state index contributed by atoms with van der Waals surface area (Å²) < 4.78 is 11.4. The van der Waals surface area contributed by atoms with Gasteiger partial charge in [0.1, 0.15) is 17.2 Å². The standard InChI is InChI=1S/C16H19NO2/c1-3-8-18-14-9-13(17)10-15(11-14)19-16-7-5-4-6-12(16)2/h4-7,9-11H,3,8,17H2,1-2H3. The normalized spacial score (nSPS) is 10.2. The molecule has 2 aromatic carbocycles. The van der Waals surface area contributed by atoms with Crippen LogP contribution in [0.5, 0.6) is 17.2 Å². The Labute approximate surface area is 114 Å². The number of ether oxygens (including phenoxy) is 2. The summed E-state index contributed by atoms with van der Waals surface area (Å²) in [6, 6.07) is 13.3. The molecule has 0 aliphatic heterocycles. The number of rotatable bonds is 5. The average molecular weight is 257 g/mol. The minimum absolute atomic E-state index is 0.636. The number of nitrogens with two attached hydrogens (primary N) is 1. The third-order valence-corrected chi connectivity index (χ3v) is 2.70. The predicted molar refractivity (Wildman–Crippen MR) is 77.9 cm³/mol. The number of para-hydroxylation sites is 1. The van der Waals surface area contributed by atoms with E-state index in [-0.39, 0.29) is 0 Å². The molecule has 0 unspecified atom stereocenters. The predicted octanol–water partition coefficient (Wildman–Crippen LogP) is 4.16. The van der Waals surface area contributed by atoms with Gasteiger partial charge in [-0.1, -0.05) is 25.1 Å². The summed E-state index contributed by atoms with van der Waals surface area (Å²) in [4.78, 5) is 0. The van der Waals surface area contributed by atoms with E-state index < -0.39 is 0 Å². The minimum atomic E-state index is 0.636. The molecule has 0 radical (unpaired) electrons. The lowest BCUT2D eigenvalue weighted by Gasteiger charge is -2.11. The third-order valence-electron chi connectivity index (χ3n) is 2.70. The molecular weight excluding hydrogens is 238 g/mol. The molecule has 0 fully saturated rings. The lowest BCUT2D eigenvalue weighted by atomic mass is 10.2. The van der Waals surface area contributed by atoms with Crippen molar-refractivity contribution < 1.29 is 9.47 Å². The molecule has 0 amide bonds. The van der Waals surface area contributed by atoms with E-state index in [1.54, 1.807) is 12.1 Å². The van der Waals surface area contributed by atoms with Gasteiger partial charge in [-0.15, -0.1) is 0 Å². The van der Waals surface area contributed by atoms with Crippen LogP contribution in [0.15, 0.2) is 42.5 Å². The van der Waals surface area contributed by atoms with E-state index >= 15 is 0 Å². The van der Waals surface area contributed by atoms with E-state index in [2.05, 4.69) is 6.92 Å². The highest BCUT2D eigenvalue weighted by Gasteiger charge is 2.04. The molecule has 2 N–H and O–H groups in total. The lowest BCUT2D eigenvalue weighted by Crippen LogP contribution is -1.97. The van der Waals surface area contributed by atoms with Gasteiger partial charge in [-0.25, -0.2) is 0 Å². The molecule has 0 aliphatic carbocycles. The number of benzene rings is 2. The van der Waals surface area contributed by atoms with Crippen LogP contribution in [0, 0.1) is 6.92 Å². The molecule has 0 bridgehead atoms. The van der Waals surface area contributed by atoms with Gasteiger partial charge in [-0.05, 0) is 25.0 Å². The molecule has 3 heteroatoms. The van der Waals surface area contributed by atoms with Crippen molar-refractivity contribution in [3.8, 4) is 17.2 Å². The van der Waals surface area contributed by atoms with Gasteiger partial charge in [-0.3, -0.25) is 0 Å². The van der Waals surface area contributed by atoms with Crippen molar-refractivity contribution in [2.24, 2.45) is 0 Å². The van der Waals surface area contributed by atoms with Crippen LogP contribution in [0.25, 0.3) is 0 Å². The molecule has 0 spiro atoms. The zero-order valence-electron chi connectivity index (χ0n) is 11.3. The first-order chi connectivity index (χ1) is 9.19. The van der Waals surface area contributed by atoms with Gasteiger partial charge in [0.05, 0.1) is 6.61 Å². The van der Waals surface area contributed by atoms with Crippen LogP contribution < -0.4 is 15.2 Å². The number of anilines is 1. The number of aryl methyl sites for hydroxylation is 1. The Bertz CT molecular complexity index is 552. The molecule has 0 aromatic heterocycles. The molecule has 0 saturated heterocycles. The van der Waals surface area contributed by atoms with Gasteiger partial charge in [-0.2, -0.15) is 0 Å². The summed E-state index contributed by atoms with van der Waals surface area (Å²) in [5, 5.41) is 0. The Morgan fingerprint density at radius 3 is 2.53 bits per heavy atom. The zero-order chi connectivity index (χ0) is 13.7. The van der Waals surface area contributed by atoms with E-state index in [1.165, 1.54) is 0 Å². The van der Waals surface area contributed by atoms with Crippen LogP contribution >= 0.6 is 0 Å². The van der Waals surface area contributed by atoms with Crippen molar-refractivity contribution >= 4 is 5.69 Å². The van der Waals surface area contributed by atoms with Crippen molar-refractivity contribution in [1.82, 2.24) is 0 Å². The van der Waals surface area contributed by atoms with Gasteiger partial charge in [0.15, 0.2) is 0 Å². The first-order valence-electron chi connectivity index (χ1n) is 6.46. The highest BCUT2D eigenvalue weighted by molar-refractivity contribution is 5.51. The second kappa shape index (κ2) is 6.14. The topological polar surface area (TPSA) is 44.5 Å². The highest BCUT2D eigenvalue weighted by Crippen LogP contribution is 2.30. The first-order valence-corrected chi connectivity index (χ1v) is 6.46. The zero-order valence-corrected chi connectivity index (χ0v) is 11.3. The number of hydrogen-bond donors (Lipinski definition) is 1. The van der Waals surface area contributed by atoms with Crippen LogP contribution in [-0.4, -0.2) is 6.61 Å². The van der Waals surface area contributed by atoms with Crippen LogP contribution in [0.1, 0.15) is 18.9 Å². The molecule has 2 aromatic rings. The van der Waals surface area contributed by atoms with Crippen molar-refractivity contribution in [2.45, 2.75) is 20.3 Å². The van der Waals surface area contributed by atoms with Crippen LogP contribution in [0.2, 0.25) is 0 Å². The molecule has 0 atom stereocenters. The Kier molecular flexibility index (Phi) is 4.29. The molecule has 3 nitrogen and oxygen atoms in total. The SMILES string of the molecule is CCCOc1cc(N)cc(Oc2ccccc2C)c1. The van der Waals surface area contributed by atoms with Crippen molar-refractivity contribution in [1.29, 1.82) is 0 Å². The van der Waals surface area contributed by atoms with Gasteiger partial charge in [0.2, 0.25) is 0 Å². The monoisotopic (exact) mass is 257 g/mol. The Morgan fingerprint density at radius 2 is 1.79 bits per heavy atom.